The fourth-order valence-electron chi connectivity index (χ4n) is 3.64. The number of aryl methyl sites for hydroxylation is 1. The van der Waals surface area contributed by atoms with E-state index in [0.29, 0.717) is 18.8 Å². The average molecular weight is 365 g/mol. The molecular formula is C20H23N5O2. The van der Waals surface area contributed by atoms with Crippen molar-refractivity contribution < 1.29 is 9.59 Å². The van der Waals surface area contributed by atoms with Crippen molar-refractivity contribution in [3.05, 3.63) is 54.1 Å². The van der Waals surface area contributed by atoms with E-state index in [1.54, 1.807) is 4.90 Å². The largest absolute Gasteiger partial charge is 0.368 e. The van der Waals surface area contributed by atoms with Crippen molar-refractivity contribution in [3.8, 4) is 0 Å². The molecule has 2 aliphatic rings. The molecule has 2 aliphatic heterocycles. The number of carbonyl (C=O) groups excluding carboxylic acids is 2. The Balaban J connectivity index is 1.28. The van der Waals surface area contributed by atoms with E-state index in [4.69, 9.17) is 0 Å². The topological polar surface area (TPSA) is 69.6 Å². The van der Waals surface area contributed by atoms with Crippen LogP contribution in [0.5, 0.6) is 0 Å². The average Bonchev–Trinajstić information content (AvgIpc) is 2.67. The third-order valence-corrected chi connectivity index (χ3v) is 5.26. The first-order valence-electron chi connectivity index (χ1n) is 9.27. The third-order valence-electron chi connectivity index (χ3n) is 5.26. The summed E-state index contributed by atoms with van der Waals surface area (Å²) in [5.41, 5.74) is 2.79. The van der Waals surface area contributed by atoms with Crippen LogP contribution in [-0.2, 0) is 4.79 Å². The molecule has 4 rings (SSSR count). The van der Waals surface area contributed by atoms with Crippen LogP contribution in [0.3, 0.4) is 0 Å². The fourth-order valence-corrected chi connectivity index (χ4v) is 3.64. The number of amides is 2. The molecule has 0 aliphatic carbocycles. The van der Waals surface area contributed by atoms with Crippen molar-refractivity contribution in [2.24, 2.45) is 5.92 Å². The number of hydrogen-bond acceptors (Lipinski definition) is 5. The molecule has 0 radical (unpaired) electrons. The maximum Gasteiger partial charge on any atom is 0.274 e. The van der Waals surface area contributed by atoms with E-state index in [1.807, 2.05) is 4.90 Å². The van der Waals surface area contributed by atoms with Crippen molar-refractivity contribution in [3.63, 3.8) is 0 Å². The molecule has 27 heavy (non-hydrogen) atoms. The molecule has 0 atom stereocenters. The normalized spacial score (nSPS) is 17.6. The van der Waals surface area contributed by atoms with Gasteiger partial charge in [-0.15, -0.1) is 0 Å². The van der Waals surface area contributed by atoms with Gasteiger partial charge in [0.05, 0.1) is 12.1 Å². The molecule has 0 spiro atoms. The Morgan fingerprint density at radius 1 is 1.04 bits per heavy atom. The number of carbonyl (C=O) groups is 2. The predicted octanol–water partition coefficient (Wildman–Crippen LogP) is 1.21. The molecule has 7 nitrogen and oxygen atoms in total. The zero-order valence-electron chi connectivity index (χ0n) is 15.4. The number of likely N-dealkylation sites (tertiary alicyclic amines) is 1. The van der Waals surface area contributed by atoms with E-state index in [9.17, 15) is 9.59 Å². The second kappa shape index (κ2) is 7.34. The molecule has 7 heteroatoms. The lowest BCUT2D eigenvalue weighted by atomic mass is 9.97. The highest BCUT2D eigenvalue weighted by atomic mass is 16.2. The Labute approximate surface area is 158 Å². The summed E-state index contributed by atoms with van der Waals surface area (Å²) in [6.45, 7) is 6.14. The molecule has 3 heterocycles. The van der Waals surface area contributed by atoms with Crippen LogP contribution < -0.4 is 4.90 Å². The first kappa shape index (κ1) is 17.5. The quantitative estimate of drug-likeness (QED) is 0.818. The summed E-state index contributed by atoms with van der Waals surface area (Å²) < 4.78 is 0. The number of piperazine rings is 1. The van der Waals surface area contributed by atoms with Crippen LogP contribution in [0.2, 0.25) is 0 Å². The van der Waals surface area contributed by atoms with Gasteiger partial charge in [-0.3, -0.25) is 14.6 Å². The molecule has 0 N–H and O–H groups in total. The van der Waals surface area contributed by atoms with Crippen LogP contribution in [0.25, 0.3) is 0 Å². The van der Waals surface area contributed by atoms with Gasteiger partial charge in [0.25, 0.3) is 5.91 Å². The van der Waals surface area contributed by atoms with Gasteiger partial charge in [0.2, 0.25) is 5.91 Å². The summed E-state index contributed by atoms with van der Waals surface area (Å²) in [5.74, 6) is -0.102. The summed E-state index contributed by atoms with van der Waals surface area (Å²) in [6, 6.07) is 8.46. The number of benzene rings is 1. The summed E-state index contributed by atoms with van der Waals surface area (Å²) in [7, 11) is 0. The van der Waals surface area contributed by atoms with Crippen LogP contribution >= 0.6 is 0 Å². The van der Waals surface area contributed by atoms with Gasteiger partial charge in [-0.25, -0.2) is 4.98 Å². The van der Waals surface area contributed by atoms with E-state index >= 15 is 0 Å². The smallest absolute Gasteiger partial charge is 0.274 e. The lowest BCUT2D eigenvalue weighted by Crippen LogP contribution is -2.59. The molecule has 1 aromatic carbocycles. The highest BCUT2D eigenvalue weighted by Crippen LogP contribution is 2.22. The van der Waals surface area contributed by atoms with Gasteiger partial charge in [0.15, 0.2) is 0 Å². The van der Waals surface area contributed by atoms with Crippen LogP contribution in [-0.4, -0.2) is 70.9 Å². The third kappa shape index (κ3) is 3.63. The molecule has 0 saturated carbocycles. The van der Waals surface area contributed by atoms with Gasteiger partial charge < -0.3 is 14.7 Å². The van der Waals surface area contributed by atoms with Gasteiger partial charge in [-0.1, -0.05) is 12.1 Å². The predicted molar refractivity (Wildman–Crippen MR) is 101 cm³/mol. The Bertz CT molecular complexity index is 827. The van der Waals surface area contributed by atoms with Crippen molar-refractivity contribution in [2.75, 3.05) is 44.2 Å². The molecule has 140 valence electrons. The summed E-state index contributed by atoms with van der Waals surface area (Å²) >= 11 is 0. The van der Waals surface area contributed by atoms with Gasteiger partial charge in [-0.05, 0) is 24.6 Å². The Morgan fingerprint density at radius 2 is 1.81 bits per heavy atom. The zero-order chi connectivity index (χ0) is 18.8. The Morgan fingerprint density at radius 3 is 2.48 bits per heavy atom. The van der Waals surface area contributed by atoms with Crippen molar-refractivity contribution in [2.45, 2.75) is 6.92 Å². The molecular weight excluding hydrogens is 342 g/mol. The first-order chi connectivity index (χ1) is 13.1. The highest BCUT2D eigenvalue weighted by molar-refractivity contribution is 5.94. The zero-order valence-corrected chi connectivity index (χ0v) is 15.4. The number of aromatic nitrogens is 2. The minimum Gasteiger partial charge on any atom is -0.368 e. The maximum absolute atomic E-state index is 12.7. The Kier molecular flexibility index (Phi) is 4.75. The van der Waals surface area contributed by atoms with E-state index < -0.39 is 0 Å². The van der Waals surface area contributed by atoms with Gasteiger partial charge in [0, 0.05) is 57.3 Å². The minimum atomic E-state index is -0.156. The van der Waals surface area contributed by atoms with Crippen molar-refractivity contribution >= 4 is 17.5 Å². The molecule has 1 aromatic heterocycles. The van der Waals surface area contributed by atoms with Crippen molar-refractivity contribution in [1.29, 1.82) is 0 Å². The SMILES string of the molecule is Cc1cccc(N2CCN(C(=O)C3CN(C(=O)c4cnccn4)C3)CC2)c1. The first-order valence-corrected chi connectivity index (χ1v) is 9.27. The number of anilines is 1. The Hall–Kier alpha value is -2.96. The van der Waals surface area contributed by atoms with E-state index in [-0.39, 0.29) is 17.7 Å². The monoisotopic (exact) mass is 365 g/mol. The lowest BCUT2D eigenvalue weighted by Gasteiger charge is -2.43. The van der Waals surface area contributed by atoms with Crippen LogP contribution in [0.15, 0.2) is 42.9 Å². The molecule has 2 amide bonds. The van der Waals surface area contributed by atoms with E-state index in [1.165, 1.54) is 29.8 Å². The molecule has 2 aromatic rings. The molecule has 2 saturated heterocycles. The van der Waals surface area contributed by atoms with E-state index in [0.717, 1.165) is 26.2 Å². The van der Waals surface area contributed by atoms with Crippen LogP contribution in [0.4, 0.5) is 5.69 Å². The highest BCUT2D eigenvalue weighted by Gasteiger charge is 2.39. The fraction of sp³-hybridized carbons (Fsp3) is 0.400. The second-order valence-corrected chi connectivity index (χ2v) is 7.15. The van der Waals surface area contributed by atoms with Gasteiger partial charge in [0.1, 0.15) is 5.69 Å². The lowest BCUT2D eigenvalue weighted by molar-refractivity contribution is -0.140. The molecule has 2 fully saturated rings. The summed E-state index contributed by atoms with van der Waals surface area (Å²) in [6.07, 6.45) is 4.50. The molecule has 0 bridgehead atoms. The standard InChI is InChI=1S/C20H23N5O2/c1-15-3-2-4-17(11-15)23-7-9-24(10-8-23)19(26)16-13-25(14-16)20(27)18-12-21-5-6-22-18/h2-6,11-12,16H,7-10,13-14H2,1H3. The minimum absolute atomic E-state index is 0.101. The number of hydrogen-bond donors (Lipinski definition) is 0. The summed E-state index contributed by atoms with van der Waals surface area (Å²) in [4.78, 5) is 38.9. The number of rotatable bonds is 3. The van der Waals surface area contributed by atoms with Crippen molar-refractivity contribution in [1.82, 2.24) is 19.8 Å². The number of nitrogens with zero attached hydrogens (tertiary/aromatic N) is 5. The maximum atomic E-state index is 12.7. The van der Waals surface area contributed by atoms with Gasteiger partial charge in [-0.2, -0.15) is 0 Å². The molecule has 0 unspecified atom stereocenters. The summed E-state index contributed by atoms with van der Waals surface area (Å²) in [5, 5.41) is 0. The van der Waals surface area contributed by atoms with Gasteiger partial charge >= 0.3 is 0 Å². The van der Waals surface area contributed by atoms with E-state index in [2.05, 4.69) is 46.1 Å². The van der Waals surface area contributed by atoms with Crippen LogP contribution in [0.1, 0.15) is 16.1 Å². The van der Waals surface area contributed by atoms with Crippen LogP contribution in [0, 0.1) is 12.8 Å². The second-order valence-electron chi connectivity index (χ2n) is 7.15.